The van der Waals surface area contributed by atoms with Crippen molar-refractivity contribution in [3.63, 3.8) is 0 Å². The Balaban J connectivity index is 1.69. The summed E-state index contributed by atoms with van der Waals surface area (Å²) in [5.41, 5.74) is 1.88. The largest absolute Gasteiger partial charge is 0.496 e. The Labute approximate surface area is 168 Å². The lowest BCUT2D eigenvalue weighted by atomic mass is 10.1. The second kappa shape index (κ2) is 10.4. The summed E-state index contributed by atoms with van der Waals surface area (Å²) in [7, 11) is -1.85. The maximum atomic E-state index is 12.0. The molecule has 8 heteroatoms. The van der Waals surface area contributed by atoms with Gasteiger partial charge in [-0.25, -0.2) is 13.1 Å². The number of amides is 1. The minimum atomic E-state index is -3.44. The SMILES string of the molecule is COc1ccc(CCC(=O)NCCS(=O)(=O)NCc2ccccc2)cc1Br. The highest BCUT2D eigenvalue weighted by Gasteiger charge is 2.11. The topological polar surface area (TPSA) is 84.5 Å². The van der Waals surface area contributed by atoms with E-state index in [-0.39, 0.29) is 31.2 Å². The van der Waals surface area contributed by atoms with Crippen LogP contribution in [0.2, 0.25) is 0 Å². The fourth-order valence-electron chi connectivity index (χ4n) is 2.40. The first-order valence-electron chi connectivity index (χ1n) is 8.50. The van der Waals surface area contributed by atoms with E-state index in [2.05, 4.69) is 26.0 Å². The Kier molecular flexibility index (Phi) is 8.27. The second-order valence-corrected chi connectivity index (χ2v) is 8.73. The summed E-state index contributed by atoms with van der Waals surface area (Å²) in [6.07, 6.45) is 0.851. The molecule has 0 atom stereocenters. The highest BCUT2D eigenvalue weighted by Crippen LogP contribution is 2.25. The normalized spacial score (nSPS) is 11.2. The molecule has 2 N–H and O–H groups in total. The molecule has 0 aliphatic rings. The van der Waals surface area contributed by atoms with Gasteiger partial charge in [0.25, 0.3) is 0 Å². The third-order valence-corrected chi connectivity index (χ3v) is 5.83. The molecule has 0 aromatic heterocycles. The van der Waals surface area contributed by atoms with Crippen LogP contribution in [-0.2, 0) is 27.8 Å². The Morgan fingerprint density at radius 1 is 1.11 bits per heavy atom. The van der Waals surface area contributed by atoms with E-state index in [9.17, 15) is 13.2 Å². The number of carbonyl (C=O) groups excluding carboxylic acids is 1. The van der Waals surface area contributed by atoms with Crippen LogP contribution in [0.15, 0.2) is 53.0 Å². The zero-order chi connectivity index (χ0) is 19.7. The number of aryl methyl sites for hydroxylation is 1. The molecular formula is C19H23BrN2O4S. The number of hydrogen-bond donors (Lipinski definition) is 2. The fourth-order valence-corrected chi connectivity index (χ4v) is 3.89. The molecule has 2 rings (SSSR count). The van der Waals surface area contributed by atoms with E-state index < -0.39 is 10.0 Å². The number of methoxy groups -OCH3 is 1. The molecule has 6 nitrogen and oxygen atoms in total. The number of halogens is 1. The fraction of sp³-hybridized carbons (Fsp3) is 0.316. The molecule has 146 valence electrons. The molecule has 0 bridgehead atoms. The smallest absolute Gasteiger partial charge is 0.220 e. The molecule has 0 heterocycles. The summed E-state index contributed by atoms with van der Waals surface area (Å²) >= 11 is 3.41. The van der Waals surface area contributed by atoms with Crippen LogP contribution >= 0.6 is 15.9 Å². The van der Waals surface area contributed by atoms with Gasteiger partial charge in [-0.15, -0.1) is 0 Å². The lowest BCUT2D eigenvalue weighted by molar-refractivity contribution is -0.120. The summed E-state index contributed by atoms with van der Waals surface area (Å²) in [6, 6.07) is 14.9. The molecule has 0 saturated carbocycles. The standard InChI is InChI=1S/C19H23BrN2O4S/c1-26-18-9-7-15(13-17(18)20)8-10-19(23)21-11-12-27(24,25)22-14-16-5-3-2-4-6-16/h2-7,9,13,22H,8,10-12,14H2,1H3,(H,21,23). The molecule has 2 aromatic carbocycles. The third kappa shape index (κ3) is 7.70. The Morgan fingerprint density at radius 2 is 1.85 bits per heavy atom. The van der Waals surface area contributed by atoms with E-state index in [1.165, 1.54) is 0 Å². The van der Waals surface area contributed by atoms with Gasteiger partial charge in [-0.2, -0.15) is 0 Å². The van der Waals surface area contributed by atoms with Crippen molar-refractivity contribution in [1.29, 1.82) is 0 Å². The van der Waals surface area contributed by atoms with Crippen LogP contribution in [0.25, 0.3) is 0 Å². The van der Waals surface area contributed by atoms with E-state index in [1.54, 1.807) is 7.11 Å². The molecule has 0 unspecified atom stereocenters. The van der Waals surface area contributed by atoms with Crippen molar-refractivity contribution in [1.82, 2.24) is 10.0 Å². The minimum Gasteiger partial charge on any atom is -0.496 e. The zero-order valence-corrected chi connectivity index (χ0v) is 17.5. The Morgan fingerprint density at radius 3 is 2.52 bits per heavy atom. The molecule has 2 aromatic rings. The zero-order valence-electron chi connectivity index (χ0n) is 15.1. The first-order chi connectivity index (χ1) is 12.9. The molecule has 0 aliphatic heterocycles. The van der Waals surface area contributed by atoms with Gasteiger partial charge in [0.2, 0.25) is 15.9 Å². The van der Waals surface area contributed by atoms with Gasteiger partial charge >= 0.3 is 0 Å². The first-order valence-corrected chi connectivity index (χ1v) is 10.9. The van der Waals surface area contributed by atoms with Gasteiger partial charge in [-0.05, 0) is 45.6 Å². The van der Waals surface area contributed by atoms with Crippen LogP contribution < -0.4 is 14.8 Å². The molecule has 0 saturated heterocycles. The van der Waals surface area contributed by atoms with Crippen molar-refractivity contribution in [2.45, 2.75) is 19.4 Å². The number of hydrogen-bond acceptors (Lipinski definition) is 4. The van der Waals surface area contributed by atoms with Gasteiger partial charge in [0.1, 0.15) is 5.75 Å². The molecule has 1 amide bonds. The second-order valence-electron chi connectivity index (χ2n) is 5.94. The highest BCUT2D eigenvalue weighted by molar-refractivity contribution is 9.10. The monoisotopic (exact) mass is 454 g/mol. The highest BCUT2D eigenvalue weighted by atomic mass is 79.9. The van der Waals surface area contributed by atoms with Crippen molar-refractivity contribution >= 4 is 31.9 Å². The van der Waals surface area contributed by atoms with Crippen LogP contribution in [0.4, 0.5) is 0 Å². The van der Waals surface area contributed by atoms with Gasteiger partial charge in [0.05, 0.1) is 17.3 Å². The van der Waals surface area contributed by atoms with E-state index in [1.807, 2.05) is 48.5 Å². The van der Waals surface area contributed by atoms with Gasteiger partial charge < -0.3 is 10.1 Å². The molecule has 0 spiro atoms. The van der Waals surface area contributed by atoms with E-state index in [0.717, 1.165) is 21.3 Å². The lowest BCUT2D eigenvalue weighted by Crippen LogP contribution is -2.34. The summed E-state index contributed by atoms with van der Waals surface area (Å²) in [6.45, 7) is 0.318. The average molecular weight is 455 g/mol. The van der Waals surface area contributed by atoms with Crippen molar-refractivity contribution in [2.24, 2.45) is 0 Å². The number of carbonyl (C=O) groups is 1. The van der Waals surface area contributed by atoms with Gasteiger partial charge in [-0.3, -0.25) is 4.79 Å². The molecule has 0 fully saturated rings. The minimum absolute atomic E-state index is 0.0786. The average Bonchev–Trinajstić information content (AvgIpc) is 2.66. The summed E-state index contributed by atoms with van der Waals surface area (Å²) < 4.78 is 32.5. The van der Waals surface area contributed by atoms with Crippen molar-refractivity contribution < 1.29 is 17.9 Å². The molecule has 27 heavy (non-hydrogen) atoms. The predicted octanol–water partition coefficient (Wildman–Crippen LogP) is 2.63. The van der Waals surface area contributed by atoms with Crippen LogP contribution in [0.5, 0.6) is 5.75 Å². The number of rotatable bonds is 10. The van der Waals surface area contributed by atoms with Crippen molar-refractivity contribution in [3.8, 4) is 5.75 Å². The lowest BCUT2D eigenvalue weighted by Gasteiger charge is -2.09. The van der Waals surface area contributed by atoms with Gasteiger partial charge in [0.15, 0.2) is 0 Å². The third-order valence-electron chi connectivity index (χ3n) is 3.89. The molecule has 0 radical (unpaired) electrons. The van der Waals surface area contributed by atoms with E-state index >= 15 is 0 Å². The van der Waals surface area contributed by atoms with Crippen LogP contribution in [0.3, 0.4) is 0 Å². The molecule has 0 aliphatic carbocycles. The van der Waals surface area contributed by atoms with Crippen molar-refractivity contribution in [2.75, 3.05) is 19.4 Å². The van der Waals surface area contributed by atoms with Gasteiger partial charge in [-0.1, -0.05) is 36.4 Å². The number of benzene rings is 2. The maximum absolute atomic E-state index is 12.0. The van der Waals surface area contributed by atoms with E-state index in [4.69, 9.17) is 4.74 Å². The van der Waals surface area contributed by atoms with Crippen LogP contribution in [-0.4, -0.2) is 33.7 Å². The maximum Gasteiger partial charge on any atom is 0.220 e. The summed E-state index contributed by atoms with van der Waals surface area (Å²) in [5.74, 6) is 0.399. The molecular weight excluding hydrogens is 432 g/mol. The summed E-state index contributed by atoms with van der Waals surface area (Å²) in [5, 5.41) is 2.65. The Hall–Kier alpha value is -1.90. The van der Waals surface area contributed by atoms with E-state index in [0.29, 0.717) is 6.42 Å². The number of nitrogens with one attached hydrogen (secondary N) is 2. The van der Waals surface area contributed by atoms with Crippen LogP contribution in [0, 0.1) is 0 Å². The number of sulfonamides is 1. The van der Waals surface area contributed by atoms with Gasteiger partial charge in [0, 0.05) is 19.5 Å². The van der Waals surface area contributed by atoms with Crippen molar-refractivity contribution in [3.05, 3.63) is 64.1 Å². The van der Waals surface area contributed by atoms with Crippen LogP contribution in [0.1, 0.15) is 17.5 Å². The summed E-state index contributed by atoms with van der Waals surface area (Å²) in [4.78, 5) is 11.9. The predicted molar refractivity (Wildman–Crippen MR) is 109 cm³/mol. The first kappa shape index (κ1) is 21.4. The number of ether oxygens (including phenoxy) is 1. The Bertz CT molecular complexity index is 857. The quantitative estimate of drug-likeness (QED) is 0.577.